The first kappa shape index (κ1) is 22.3. The summed E-state index contributed by atoms with van der Waals surface area (Å²) < 4.78 is 1.31. The quantitative estimate of drug-likeness (QED) is 0.371. The van der Waals surface area contributed by atoms with E-state index < -0.39 is 17.4 Å². The minimum atomic E-state index is -0.895. The van der Waals surface area contributed by atoms with Gasteiger partial charge in [-0.1, -0.05) is 25.5 Å². The molecule has 0 spiro atoms. The highest BCUT2D eigenvalue weighted by Gasteiger charge is 2.43. The highest BCUT2D eigenvalue weighted by molar-refractivity contribution is 6.22. The monoisotopic (exact) mass is 472 g/mol. The molecule has 2 aromatic carbocycles. The number of imidazole rings is 1. The van der Waals surface area contributed by atoms with E-state index in [1.807, 2.05) is 31.2 Å². The molecule has 1 aliphatic heterocycles. The predicted molar refractivity (Wildman–Crippen MR) is 131 cm³/mol. The van der Waals surface area contributed by atoms with Gasteiger partial charge in [0.1, 0.15) is 0 Å². The summed E-state index contributed by atoms with van der Waals surface area (Å²) in [6.07, 6.45) is 1.19. The number of nitrogens with one attached hydrogen (secondary N) is 3. The first-order valence-corrected chi connectivity index (χ1v) is 11.4. The van der Waals surface area contributed by atoms with Crippen LogP contribution in [0.3, 0.4) is 0 Å². The van der Waals surface area contributed by atoms with Gasteiger partial charge in [-0.2, -0.15) is 4.68 Å². The third-order valence-corrected chi connectivity index (χ3v) is 6.04. The standard InChI is InChI=1S/C25H24N6O4/c1-3-6-20-22(24(35)31(29-20)25-27-18-7-4-5-8-19(18)28-25)17-13-21(33)30(23(17)34)16-11-9-15(10-12-16)26-14(2)32/h4-5,7-12,17,29H,3,6,13H2,1-2H3,(H,26,32)(H,27,28). The van der Waals surface area contributed by atoms with Crippen LogP contribution < -0.4 is 15.8 Å². The number of carbonyl (C=O) groups is 3. The summed E-state index contributed by atoms with van der Waals surface area (Å²) in [7, 11) is 0. The van der Waals surface area contributed by atoms with Crippen molar-refractivity contribution in [3.63, 3.8) is 0 Å². The number of amides is 3. The molecule has 1 saturated heterocycles. The van der Waals surface area contributed by atoms with Crippen molar-refractivity contribution in [2.45, 2.75) is 39.0 Å². The molecule has 3 amide bonds. The molecule has 1 fully saturated rings. The summed E-state index contributed by atoms with van der Waals surface area (Å²) in [5.41, 5.74) is 2.95. The molecule has 3 N–H and O–H groups in total. The van der Waals surface area contributed by atoms with Crippen LogP contribution in [-0.2, 0) is 20.8 Å². The summed E-state index contributed by atoms with van der Waals surface area (Å²) in [5.74, 6) is -1.63. The van der Waals surface area contributed by atoms with Gasteiger partial charge in [-0.15, -0.1) is 0 Å². The number of nitrogens with zero attached hydrogens (tertiary/aromatic N) is 3. The molecule has 1 unspecified atom stereocenters. The largest absolute Gasteiger partial charge is 0.326 e. The molecule has 3 heterocycles. The Hall–Kier alpha value is -4.47. The molecule has 0 aliphatic carbocycles. The van der Waals surface area contributed by atoms with Crippen LogP contribution in [0.4, 0.5) is 11.4 Å². The smallest absolute Gasteiger partial charge is 0.278 e. The molecular formula is C25H24N6O4. The minimum absolute atomic E-state index is 0.101. The Morgan fingerprint density at radius 2 is 1.86 bits per heavy atom. The van der Waals surface area contributed by atoms with Crippen LogP contribution >= 0.6 is 0 Å². The number of para-hydroxylation sites is 2. The van der Waals surface area contributed by atoms with Crippen molar-refractivity contribution in [3.05, 3.63) is 70.1 Å². The van der Waals surface area contributed by atoms with E-state index in [9.17, 15) is 19.2 Å². The fraction of sp³-hybridized carbons (Fsp3) is 0.240. The third kappa shape index (κ3) is 3.92. The first-order chi connectivity index (χ1) is 16.9. The number of fused-ring (bicyclic) bond motifs is 1. The second-order valence-corrected chi connectivity index (χ2v) is 8.52. The molecule has 0 bridgehead atoms. The van der Waals surface area contributed by atoms with E-state index in [1.54, 1.807) is 24.3 Å². The van der Waals surface area contributed by atoms with E-state index in [0.717, 1.165) is 16.8 Å². The van der Waals surface area contributed by atoms with Gasteiger partial charge in [0, 0.05) is 24.7 Å². The molecule has 0 saturated carbocycles. The minimum Gasteiger partial charge on any atom is -0.326 e. The molecule has 35 heavy (non-hydrogen) atoms. The summed E-state index contributed by atoms with van der Waals surface area (Å²) in [5, 5.41) is 5.76. The summed E-state index contributed by atoms with van der Waals surface area (Å²) in [4.78, 5) is 59.8. The maximum atomic E-state index is 13.5. The Kier molecular flexibility index (Phi) is 5.56. The lowest BCUT2D eigenvalue weighted by molar-refractivity contribution is -0.121. The van der Waals surface area contributed by atoms with Crippen molar-refractivity contribution in [1.82, 2.24) is 19.7 Å². The van der Waals surface area contributed by atoms with Crippen molar-refractivity contribution >= 4 is 40.1 Å². The Bertz CT molecular complexity index is 1480. The zero-order valence-electron chi connectivity index (χ0n) is 19.3. The van der Waals surface area contributed by atoms with Gasteiger partial charge >= 0.3 is 0 Å². The van der Waals surface area contributed by atoms with E-state index in [0.29, 0.717) is 40.5 Å². The van der Waals surface area contributed by atoms with Crippen LogP contribution in [0.15, 0.2) is 53.3 Å². The van der Waals surface area contributed by atoms with Crippen molar-refractivity contribution in [2.24, 2.45) is 0 Å². The van der Waals surface area contributed by atoms with Crippen molar-refractivity contribution < 1.29 is 14.4 Å². The number of aromatic amines is 2. The average molecular weight is 473 g/mol. The Morgan fingerprint density at radius 1 is 1.11 bits per heavy atom. The van der Waals surface area contributed by atoms with Crippen LogP contribution in [0.2, 0.25) is 0 Å². The van der Waals surface area contributed by atoms with Crippen molar-refractivity contribution in [1.29, 1.82) is 0 Å². The normalized spacial score (nSPS) is 15.8. The van der Waals surface area contributed by atoms with E-state index in [4.69, 9.17) is 0 Å². The van der Waals surface area contributed by atoms with Gasteiger partial charge in [-0.05, 0) is 42.8 Å². The van der Waals surface area contributed by atoms with E-state index in [1.165, 1.54) is 11.6 Å². The van der Waals surface area contributed by atoms with Gasteiger partial charge < -0.3 is 10.3 Å². The third-order valence-electron chi connectivity index (χ3n) is 6.04. The second-order valence-electron chi connectivity index (χ2n) is 8.52. The van der Waals surface area contributed by atoms with Crippen LogP contribution in [-0.4, -0.2) is 37.5 Å². The molecule has 1 atom stereocenters. The number of aryl methyl sites for hydroxylation is 1. The van der Waals surface area contributed by atoms with Gasteiger partial charge in [0.25, 0.3) is 5.56 Å². The molecule has 4 aromatic rings. The Labute approximate surface area is 199 Å². The molecule has 178 valence electrons. The fourth-order valence-electron chi connectivity index (χ4n) is 4.52. The number of imide groups is 1. The fourth-order valence-corrected chi connectivity index (χ4v) is 4.52. The second kappa shape index (κ2) is 8.71. The first-order valence-electron chi connectivity index (χ1n) is 11.4. The highest BCUT2D eigenvalue weighted by Crippen LogP contribution is 2.34. The molecule has 1 aliphatic rings. The number of benzene rings is 2. The topological polar surface area (TPSA) is 133 Å². The molecule has 0 radical (unpaired) electrons. The zero-order chi connectivity index (χ0) is 24.7. The number of rotatable bonds is 6. The molecule has 2 aromatic heterocycles. The van der Waals surface area contributed by atoms with Crippen LogP contribution in [0, 0.1) is 0 Å². The number of carbonyl (C=O) groups excluding carboxylic acids is 3. The average Bonchev–Trinajstić information content (AvgIpc) is 3.47. The Balaban J connectivity index is 1.52. The number of anilines is 2. The predicted octanol–water partition coefficient (Wildman–Crippen LogP) is 3.00. The van der Waals surface area contributed by atoms with Gasteiger partial charge in [-0.3, -0.25) is 29.2 Å². The summed E-state index contributed by atoms with van der Waals surface area (Å²) >= 11 is 0. The summed E-state index contributed by atoms with van der Waals surface area (Å²) in [6.45, 7) is 3.38. The van der Waals surface area contributed by atoms with Gasteiger partial charge in [-0.25, -0.2) is 4.98 Å². The highest BCUT2D eigenvalue weighted by atomic mass is 16.2. The number of hydrogen-bond donors (Lipinski definition) is 3. The van der Waals surface area contributed by atoms with Crippen molar-refractivity contribution in [2.75, 3.05) is 10.2 Å². The van der Waals surface area contributed by atoms with Gasteiger partial charge in [0.2, 0.25) is 23.7 Å². The van der Waals surface area contributed by atoms with E-state index in [-0.39, 0.29) is 18.2 Å². The molecule has 10 heteroatoms. The van der Waals surface area contributed by atoms with Crippen LogP contribution in [0.1, 0.15) is 43.9 Å². The lowest BCUT2D eigenvalue weighted by atomic mass is 9.96. The lowest BCUT2D eigenvalue weighted by Crippen LogP contribution is -2.31. The van der Waals surface area contributed by atoms with Crippen LogP contribution in [0.25, 0.3) is 17.0 Å². The number of aromatic nitrogens is 4. The maximum Gasteiger partial charge on any atom is 0.278 e. The molecular weight excluding hydrogens is 448 g/mol. The maximum absolute atomic E-state index is 13.5. The summed E-state index contributed by atoms with van der Waals surface area (Å²) in [6, 6.07) is 13.9. The van der Waals surface area contributed by atoms with E-state index in [2.05, 4.69) is 20.4 Å². The van der Waals surface area contributed by atoms with E-state index >= 15 is 0 Å². The molecule has 5 rings (SSSR count). The van der Waals surface area contributed by atoms with Gasteiger partial charge in [0.05, 0.1) is 28.2 Å². The zero-order valence-corrected chi connectivity index (χ0v) is 19.3. The lowest BCUT2D eigenvalue weighted by Gasteiger charge is -2.15. The SMILES string of the molecule is CCCc1[nH]n(-c2nc3ccccc3[nH]2)c(=O)c1C1CC(=O)N(c2ccc(NC(C)=O)cc2)C1=O. The Morgan fingerprint density at radius 3 is 2.54 bits per heavy atom. The number of H-pyrrole nitrogens is 2. The molecule has 10 nitrogen and oxygen atoms in total. The van der Waals surface area contributed by atoms with Gasteiger partial charge in [0.15, 0.2) is 0 Å². The van der Waals surface area contributed by atoms with Crippen LogP contribution in [0.5, 0.6) is 0 Å². The number of hydrogen-bond acceptors (Lipinski definition) is 5. The van der Waals surface area contributed by atoms with Crippen molar-refractivity contribution in [3.8, 4) is 5.95 Å².